The Labute approximate surface area is 161 Å². The van der Waals surface area contributed by atoms with Crippen molar-refractivity contribution >= 4 is 11.4 Å². The van der Waals surface area contributed by atoms with Gasteiger partial charge in [-0.25, -0.2) is 13.9 Å². The third-order valence-corrected chi connectivity index (χ3v) is 5.17. The highest BCUT2D eigenvalue weighted by Gasteiger charge is 2.46. The molecule has 9 heteroatoms. The van der Waals surface area contributed by atoms with Crippen molar-refractivity contribution in [2.75, 3.05) is 7.05 Å². The van der Waals surface area contributed by atoms with Gasteiger partial charge in [-0.2, -0.15) is 10.2 Å². The Morgan fingerprint density at radius 1 is 1.39 bits per heavy atom. The van der Waals surface area contributed by atoms with E-state index in [1.54, 1.807) is 29.0 Å². The number of carbonyl (C=O) groups excluding carboxylic acids is 1. The van der Waals surface area contributed by atoms with E-state index < -0.39 is 11.4 Å². The normalized spacial score (nSPS) is 21.4. The van der Waals surface area contributed by atoms with Crippen molar-refractivity contribution in [2.24, 2.45) is 7.05 Å². The molecule has 0 unspecified atom stereocenters. The summed E-state index contributed by atoms with van der Waals surface area (Å²) < 4.78 is 23.6. The van der Waals surface area contributed by atoms with Gasteiger partial charge in [-0.05, 0) is 13.0 Å². The molecule has 3 aromatic rings. The second-order valence-electron chi connectivity index (χ2n) is 7.39. The van der Waals surface area contributed by atoms with Crippen LogP contribution in [0.5, 0.6) is 5.88 Å². The Kier molecular flexibility index (Phi) is 4.17. The van der Waals surface area contributed by atoms with Crippen LogP contribution in [0.25, 0.3) is 16.8 Å². The van der Waals surface area contributed by atoms with Gasteiger partial charge >= 0.3 is 0 Å². The van der Waals surface area contributed by atoms with Crippen LogP contribution in [0.1, 0.15) is 19.8 Å². The Bertz CT molecular complexity index is 1070. The summed E-state index contributed by atoms with van der Waals surface area (Å²) in [6, 6.07) is 0.0442. The number of nitrogens with zero attached hydrogens (tertiary/aromatic N) is 6. The van der Waals surface area contributed by atoms with E-state index in [0.717, 1.165) is 11.8 Å². The molecule has 8 nitrogen and oxygen atoms in total. The number of aryl methyl sites for hydroxylation is 1. The van der Waals surface area contributed by atoms with E-state index in [4.69, 9.17) is 4.74 Å². The quantitative estimate of drug-likeness (QED) is 0.631. The fourth-order valence-electron chi connectivity index (χ4n) is 3.56. The lowest BCUT2D eigenvalue weighted by Crippen LogP contribution is -2.56. The first kappa shape index (κ1) is 18.1. The lowest BCUT2D eigenvalue weighted by Gasteiger charge is -2.48. The smallest absolute Gasteiger partial charge is 0.245 e. The van der Waals surface area contributed by atoms with E-state index in [9.17, 15) is 9.18 Å². The van der Waals surface area contributed by atoms with Gasteiger partial charge in [-0.15, -0.1) is 0 Å². The minimum atomic E-state index is -0.557. The molecule has 1 aliphatic carbocycles. The number of carbonyl (C=O) groups is 1. The summed E-state index contributed by atoms with van der Waals surface area (Å²) in [7, 11) is 3.55. The van der Waals surface area contributed by atoms with E-state index in [2.05, 4.69) is 21.8 Å². The van der Waals surface area contributed by atoms with Gasteiger partial charge in [0.2, 0.25) is 11.8 Å². The monoisotopic (exact) mass is 384 g/mol. The zero-order valence-electron chi connectivity index (χ0n) is 16.0. The summed E-state index contributed by atoms with van der Waals surface area (Å²) in [4.78, 5) is 18.0. The molecule has 1 saturated carbocycles. The fraction of sp³-hybridized carbons (Fsp3) is 0.368. The molecule has 146 valence electrons. The van der Waals surface area contributed by atoms with Crippen LogP contribution < -0.4 is 4.74 Å². The highest BCUT2D eigenvalue weighted by Crippen LogP contribution is 2.40. The van der Waals surface area contributed by atoms with Crippen LogP contribution in [0.3, 0.4) is 0 Å². The Morgan fingerprint density at radius 2 is 2.14 bits per heavy atom. The van der Waals surface area contributed by atoms with Gasteiger partial charge in [-0.3, -0.25) is 9.48 Å². The summed E-state index contributed by atoms with van der Waals surface area (Å²) in [5.74, 6) is -0.457. The van der Waals surface area contributed by atoms with Crippen molar-refractivity contribution in [3.63, 3.8) is 0 Å². The molecule has 1 amide bonds. The number of likely N-dealkylation sites (N-methyl/N-ethyl adjacent to an activating group) is 1. The second kappa shape index (κ2) is 6.43. The number of hydrogen-bond donors (Lipinski definition) is 0. The van der Waals surface area contributed by atoms with Crippen molar-refractivity contribution < 1.29 is 13.9 Å². The summed E-state index contributed by atoms with van der Waals surface area (Å²) in [5.41, 5.74) is 0.987. The molecule has 0 aliphatic heterocycles. The number of halogens is 1. The van der Waals surface area contributed by atoms with E-state index >= 15 is 0 Å². The minimum absolute atomic E-state index is 0.0442. The molecule has 0 bridgehead atoms. The predicted molar refractivity (Wildman–Crippen MR) is 100 cm³/mol. The number of hydrogen-bond acceptors (Lipinski definition) is 5. The summed E-state index contributed by atoms with van der Waals surface area (Å²) in [6.07, 6.45) is 8.79. The van der Waals surface area contributed by atoms with E-state index in [0.29, 0.717) is 18.5 Å². The lowest BCUT2D eigenvalue weighted by molar-refractivity contribution is -0.133. The van der Waals surface area contributed by atoms with Gasteiger partial charge in [0.1, 0.15) is 5.60 Å². The molecule has 0 atom stereocenters. The third-order valence-electron chi connectivity index (χ3n) is 5.17. The van der Waals surface area contributed by atoms with Crippen LogP contribution in [-0.2, 0) is 11.8 Å². The first-order valence-corrected chi connectivity index (χ1v) is 8.91. The zero-order chi connectivity index (χ0) is 20.1. The van der Waals surface area contributed by atoms with Crippen molar-refractivity contribution in [1.29, 1.82) is 0 Å². The highest BCUT2D eigenvalue weighted by molar-refractivity contribution is 5.87. The largest absolute Gasteiger partial charge is 0.470 e. The molecule has 0 saturated heterocycles. The standard InChI is InChI=1S/C19H21FN6O2/c1-5-16(27)25(4)13-6-19(2,7-13)28-18-17-14(20)9-22-26(17)11-15(23-18)12-8-21-24(3)10-12/h5,8-11,13H,1,6-7H2,2-4H3. The van der Waals surface area contributed by atoms with Crippen LogP contribution in [0.2, 0.25) is 0 Å². The Morgan fingerprint density at radius 3 is 2.79 bits per heavy atom. The average molecular weight is 384 g/mol. The highest BCUT2D eigenvalue weighted by atomic mass is 19.1. The van der Waals surface area contributed by atoms with Gasteiger partial charge in [0.05, 0.1) is 24.3 Å². The molecular weight excluding hydrogens is 363 g/mol. The summed E-state index contributed by atoms with van der Waals surface area (Å²) in [6.45, 7) is 5.44. The number of ether oxygens (including phenoxy) is 1. The third kappa shape index (κ3) is 3.02. The molecule has 4 rings (SSSR count). The number of amides is 1. The predicted octanol–water partition coefficient (Wildman–Crippen LogP) is 2.21. The van der Waals surface area contributed by atoms with Crippen molar-refractivity contribution in [1.82, 2.24) is 29.3 Å². The first-order valence-electron chi connectivity index (χ1n) is 8.91. The Hall–Kier alpha value is -3.23. The van der Waals surface area contributed by atoms with Crippen LogP contribution in [0.4, 0.5) is 4.39 Å². The molecule has 0 spiro atoms. The molecule has 3 heterocycles. The molecule has 28 heavy (non-hydrogen) atoms. The second-order valence-corrected chi connectivity index (χ2v) is 7.39. The van der Waals surface area contributed by atoms with E-state index in [-0.39, 0.29) is 23.3 Å². The molecule has 1 aliphatic rings. The summed E-state index contributed by atoms with van der Waals surface area (Å²) >= 11 is 0. The minimum Gasteiger partial charge on any atom is -0.470 e. The van der Waals surface area contributed by atoms with Crippen LogP contribution in [0.15, 0.2) is 37.4 Å². The Balaban J connectivity index is 1.64. The maximum atomic E-state index is 14.3. The fourth-order valence-corrected chi connectivity index (χ4v) is 3.56. The molecule has 1 fully saturated rings. The zero-order valence-corrected chi connectivity index (χ0v) is 16.0. The molecule has 3 aromatic heterocycles. The summed E-state index contributed by atoms with van der Waals surface area (Å²) in [5, 5.41) is 8.20. The maximum absolute atomic E-state index is 14.3. The van der Waals surface area contributed by atoms with E-state index in [1.807, 2.05) is 20.2 Å². The lowest BCUT2D eigenvalue weighted by atomic mass is 9.76. The SMILES string of the molecule is C=CC(=O)N(C)C1CC(C)(Oc2nc(-c3cnn(C)c3)cn3ncc(F)c23)C1. The van der Waals surface area contributed by atoms with Crippen LogP contribution in [-0.4, -0.2) is 53.9 Å². The van der Waals surface area contributed by atoms with Crippen molar-refractivity contribution in [3.05, 3.63) is 43.3 Å². The van der Waals surface area contributed by atoms with Crippen molar-refractivity contribution in [3.8, 4) is 17.1 Å². The van der Waals surface area contributed by atoms with Crippen LogP contribution in [0, 0.1) is 5.82 Å². The number of rotatable bonds is 5. The van der Waals surface area contributed by atoms with Crippen molar-refractivity contribution in [2.45, 2.75) is 31.4 Å². The maximum Gasteiger partial charge on any atom is 0.245 e. The number of aromatic nitrogens is 5. The molecule has 0 N–H and O–H groups in total. The van der Waals surface area contributed by atoms with Gasteiger partial charge in [0.25, 0.3) is 0 Å². The molecule has 0 radical (unpaired) electrons. The first-order chi connectivity index (χ1) is 13.3. The average Bonchev–Trinajstić information content (AvgIpc) is 3.24. The van der Waals surface area contributed by atoms with Gasteiger partial charge < -0.3 is 9.64 Å². The van der Waals surface area contributed by atoms with Crippen LogP contribution >= 0.6 is 0 Å². The van der Waals surface area contributed by atoms with Gasteiger partial charge in [0, 0.05) is 44.7 Å². The van der Waals surface area contributed by atoms with Gasteiger partial charge in [0.15, 0.2) is 11.3 Å². The number of fused-ring (bicyclic) bond motifs is 1. The van der Waals surface area contributed by atoms with Gasteiger partial charge in [-0.1, -0.05) is 6.58 Å². The van der Waals surface area contributed by atoms with E-state index in [1.165, 1.54) is 10.6 Å². The molecule has 0 aromatic carbocycles. The topological polar surface area (TPSA) is 77.6 Å². The molecular formula is C19H21FN6O2.